The van der Waals surface area contributed by atoms with Crippen molar-refractivity contribution in [2.75, 3.05) is 11.1 Å². The van der Waals surface area contributed by atoms with Crippen LogP contribution < -0.4 is 0 Å². The Balaban J connectivity index is 3.07. The summed E-state index contributed by atoms with van der Waals surface area (Å²) in [5.41, 5.74) is 3.01. The molecule has 0 amide bonds. The van der Waals surface area contributed by atoms with E-state index in [-0.39, 0.29) is 0 Å². The molecule has 0 fully saturated rings. The highest BCUT2D eigenvalue weighted by molar-refractivity contribution is 8.00. The first-order chi connectivity index (χ1) is 11.1. The smallest absolute Gasteiger partial charge is 0.141 e. The second-order valence-electron chi connectivity index (χ2n) is 7.68. The lowest BCUT2D eigenvalue weighted by molar-refractivity contribution is 0.538. The molecule has 0 bridgehead atoms. The lowest BCUT2D eigenvalue weighted by atomic mass is 10.0. The summed E-state index contributed by atoms with van der Waals surface area (Å²) in [4.78, 5) is 0. The number of terminal acetylenes is 1. The summed E-state index contributed by atoms with van der Waals surface area (Å²) in [7, 11) is -1.29. The molecular weight excluding hydrogens is 312 g/mol. The fourth-order valence-electron chi connectivity index (χ4n) is 2.77. The Bertz CT molecular complexity index is 280. The van der Waals surface area contributed by atoms with Crippen molar-refractivity contribution >= 4 is 19.8 Å². The largest absolute Gasteiger partial charge is 0.164 e. The summed E-state index contributed by atoms with van der Waals surface area (Å²) in [6.07, 6.45) is 25.8. The van der Waals surface area contributed by atoms with Gasteiger partial charge >= 0.3 is 0 Å². The molecule has 23 heavy (non-hydrogen) atoms. The van der Waals surface area contributed by atoms with E-state index in [1.54, 1.807) is 0 Å². The third-order valence-electron chi connectivity index (χ3n) is 4.50. The average Bonchev–Trinajstić information content (AvgIpc) is 2.54. The first-order valence-corrected chi connectivity index (χ1v) is 14.5. The Labute approximate surface area is 153 Å². The zero-order chi connectivity index (χ0) is 17.2. The van der Waals surface area contributed by atoms with E-state index in [1.807, 2.05) is 0 Å². The van der Waals surface area contributed by atoms with E-state index >= 15 is 0 Å². The molecule has 0 rings (SSSR count). The van der Waals surface area contributed by atoms with Crippen molar-refractivity contribution in [1.29, 1.82) is 0 Å². The maximum absolute atomic E-state index is 5.57. The first kappa shape index (κ1) is 23.1. The van der Waals surface area contributed by atoms with E-state index in [9.17, 15) is 0 Å². The minimum atomic E-state index is -1.29. The first-order valence-electron chi connectivity index (χ1n) is 10.2. The number of thioether (sulfide) groups is 1. The summed E-state index contributed by atoms with van der Waals surface area (Å²) < 4.78 is 0. The Morgan fingerprint density at radius 1 is 0.696 bits per heavy atom. The van der Waals surface area contributed by atoms with Crippen LogP contribution in [0.3, 0.4) is 0 Å². The molecule has 0 heterocycles. The van der Waals surface area contributed by atoms with E-state index in [0.717, 1.165) is 0 Å². The van der Waals surface area contributed by atoms with Crippen molar-refractivity contribution in [2.24, 2.45) is 0 Å². The second kappa shape index (κ2) is 17.0. The fourth-order valence-corrected chi connectivity index (χ4v) is 6.13. The van der Waals surface area contributed by atoms with Gasteiger partial charge in [-0.2, -0.15) is 11.8 Å². The standard InChI is InChI=1S/C21H42SSi/c1-5-7-8-9-10-11-12-13-14-15-16-17-18-19-20-22-21-23(3,4)6-2/h2H,5,7-21H2,1,3-4H3. The van der Waals surface area contributed by atoms with E-state index in [0.29, 0.717) is 0 Å². The minimum absolute atomic E-state index is 1.24. The van der Waals surface area contributed by atoms with Gasteiger partial charge in [0.15, 0.2) is 0 Å². The average molecular weight is 355 g/mol. The monoisotopic (exact) mass is 354 g/mol. The Kier molecular flexibility index (Phi) is 17.1. The van der Waals surface area contributed by atoms with Crippen LogP contribution in [-0.4, -0.2) is 19.2 Å². The lowest BCUT2D eigenvalue weighted by Gasteiger charge is -2.13. The van der Waals surface area contributed by atoms with Crippen molar-refractivity contribution in [3.8, 4) is 12.0 Å². The number of unbranched alkanes of at least 4 members (excludes halogenated alkanes) is 13. The van der Waals surface area contributed by atoms with Crippen molar-refractivity contribution in [3.63, 3.8) is 0 Å². The van der Waals surface area contributed by atoms with Gasteiger partial charge in [0.1, 0.15) is 8.07 Å². The molecule has 0 nitrogen and oxygen atoms in total. The SMILES string of the molecule is C#C[Si](C)(C)CSCCCCCCCCCCCCCCCC. The van der Waals surface area contributed by atoms with Gasteiger partial charge in [-0.1, -0.05) is 103 Å². The highest BCUT2D eigenvalue weighted by Gasteiger charge is 2.16. The zero-order valence-electron chi connectivity index (χ0n) is 16.3. The maximum atomic E-state index is 5.57. The fraction of sp³-hybridized carbons (Fsp3) is 0.905. The third kappa shape index (κ3) is 18.3. The molecule has 0 saturated carbocycles. The number of rotatable bonds is 17. The highest BCUT2D eigenvalue weighted by atomic mass is 32.2. The molecule has 0 aromatic carbocycles. The van der Waals surface area contributed by atoms with Gasteiger partial charge in [0.2, 0.25) is 0 Å². The van der Waals surface area contributed by atoms with Crippen LogP contribution in [0.4, 0.5) is 0 Å². The van der Waals surface area contributed by atoms with Crippen LogP contribution in [0.1, 0.15) is 96.8 Å². The van der Waals surface area contributed by atoms with Gasteiger partial charge < -0.3 is 0 Å². The van der Waals surface area contributed by atoms with Crippen molar-refractivity contribution in [3.05, 3.63) is 0 Å². The molecule has 0 N–H and O–H groups in total. The molecule has 0 unspecified atom stereocenters. The van der Waals surface area contributed by atoms with Crippen LogP contribution in [0.5, 0.6) is 0 Å². The van der Waals surface area contributed by atoms with Crippen LogP contribution >= 0.6 is 11.8 Å². The van der Waals surface area contributed by atoms with E-state index < -0.39 is 8.07 Å². The van der Waals surface area contributed by atoms with Gasteiger partial charge in [0.05, 0.1) is 0 Å². The van der Waals surface area contributed by atoms with E-state index in [1.165, 1.54) is 101 Å². The molecule has 0 saturated heterocycles. The molecule has 0 aromatic rings. The molecule has 2 heteroatoms. The van der Waals surface area contributed by atoms with Gasteiger partial charge in [-0.25, -0.2) is 0 Å². The Morgan fingerprint density at radius 3 is 1.48 bits per heavy atom. The lowest BCUT2D eigenvalue weighted by Crippen LogP contribution is -2.27. The van der Waals surface area contributed by atoms with Crippen LogP contribution in [0.25, 0.3) is 0 Å². The molecule has 0 aliphatic carbocycles. The molecule has 0 atom stereocenters. The van der Waals surface area contributed by atoms with Crippen LogP contribution in [0.15, 0.2) is 0 Å². The summed E-state index contributed by atoms with van der Waals surface area (Å²) in [6, 6.07) is 0. The van der Waals surface area contributed by atoms with E-state index in [4.69, 9.17) is 6.42 Å². The van der Waals surface area contributed by atoms with E-state index in [2.05, 4.69) is 37.3 Å². The van der Waals surface area contributed by atoms with Crippen LogP contribution in [-0.2, 0) is 0 Å². The van der Waals surface area contributed by atoms with Gasteiger partial charge in [-0.05, 0) is 17.5 Å². The Hall–Kier alpha value is 0.127. The van der Waals surface area contributed by atoms with Crippen molar-refractivity contribution < 1.29 is 0 Å². The quantitative estimate of drug-likeness (QED) is 0.147. The number of hydrogen-bond acceptors (Lipinski definition) is 1. The molecule has 0 aliphatic heterocycles. The van der Waals surface area contributed by atoms with Crippen molar-refractivity contribution in [1.82, 2.24) is 0 Å². The van der Waals surface area contributed by atoms with Gasteiger partial charge in [0.25, 0.3) is 0 Å². The predicted octanol–water partition coefficient (Wildman–Crippen LogP) is 7.62. The Morgan fingerprint density at radius 2 is 1.09 bits per heavy atom. The molecule has 0 radical (unpaired) electrons. The van der Waals surface area contributed by atoms with Crippen molar-refractivity contribution in [2.45, 2.75) is 110 Å². The topological polar surface area (TPSA) is 0 Å². The summed E-state index contributed by atoms with van der Waals surface area (Å²) in [5.74, 6) is 1.32. The van der Waals surface area contributed by atoms with Gasteiger partial charge in [0, 0.05) is 0 Å². The van der Waals surface area contributed by atoms with Crippen LogP contribution in [0, 0.1) is 12.0 Å². The normalized spacial score (nSPS) is 11.6. The zero-order valence-corrected chi connectivity index (χ0v) is 18.1. The third-order valence-corrected chi connectivity index (χ3v) is 9.56. The number of hydrogen-bond donors (Lipinski definition) is 0. The van der Waals surface area contributed by atoms with Gasteiger partial charge in [-0.3, -0.25) is 0 Å². The van der Waals surface area contributed by atoms with Gasteiger partial charge in [-0.15, -0.1) is 12.0 Å². The second-order valence-corrected chi connectivity index (χ2v) is 13.7. The maximum Gasteiger partial charge on any atom is 0.141 e. The summed E-state index contributed by atoms with van der Waals surface area (Å²) >= 11 is 2.09. The molecular formula is C21H42SSi. The molecule has 0 spiro atoms. The summed E-state index contributed by atoms with van der Waals surface area (Å²) in [6.45, 7) is 6.89. The van der Waals surface area contributed by atoms with Crippen LogP contribution in [0.2, 0.25) is 13.1 Å². The molecule has 0 aromatic heterocycles. The predicted molar refractivity (Wildman–Crippen MR) is 114 cm³/mol. The summed E-state index contributed by atoms with van der Waals surface area (Å²) in [5, 5.41) is 1.24. The molecule has 0 aliphatic rings. The minimum Gasteiger partial charge on any atom is -0.164 e. The highest BCUT2D eigenvalue weighted by Crippen LogP contribution is 2.15. The molecule has 136 valence electrons.